The summed E-state index contributed by atoms with van der Waals surface area (Å²) in [4.78, 5) is 4.19. The number of aryl methyl sites for hydroxylation is 1. The highest BCUT2D eigenvalue weighted by atomic mass is 16.4. The first-order valence-corrected chi connectivity index (χ1v) is 5.46. The molecule has 0 aliphatic carbocycles. The summed E-state index contributed by atoms with van der Waals surface area (Å²) < 4.78 is 5.50. The molecular weight excluding hydrogens is 204 g/mol. The first-order chi connectivity index (χ1) is 7.79. The lowest BCUT2D eigenvalue weighted by Crippen LogP contribution is -2.18. The van der Waals surface area contributed by atoms with E-state index in [2.05, 4.69) is 27.4 Å². The van der Waals surface area contributed by atoms with Gasteiger partial charge < -0.3 is 9.73 Å². The zero-order valence-electron chi connectivity index (χ0n) is 9.53. The number of aromatic nitrogens is 3. The smallest absolute Gasteiger partial charge is 0.208 e. The summed E-state index contributed by atoms with van der Waals surface area (Å²) in [6, 6.07) is 2.16. The fourth-order valence-electron chi connectivity index (χ4n) is 1.45. The summed E-state index contributed by atoms with van der Waals surface area (Å²) in [6.07, 6.45) is 4.40. The Morgan fingerprint density at radius 3 is 3.06 bits per heavy atom. The van der Waals surface area contributed by atoms with Crippen molar-refractivity contribution in [1.82, 2.24) is 20.5 Å². The van der Waals surface area contributed by atoms with Crippen molar-refractivity contribution < 1.29 is 4.42 Å². The Hall–Kier alpha value is -1.62. The molecule has 2 N–H and O–H groups in total. The fraction of sp³-hybridized carbons (Fsp3) is 0.455. The Morgan fingerprint density at radius 2 is 2.44 bits per heavy atom. The van der Waals surface area contributed by atoms with Gasteiger partial charge in [0.1, 0.15) is 5.76 Å². The molecule has 1 unspecified atom stereocenters. The van der Waals surface area contributed by atoms with Crippen molar-refractivity contribution in [3.05, 3.63) is 35.8 Å². The van der Waals surface area contributed by atoms with Crippen LogP contribution in [0.15, 0.2) is 22.9 Å². The second-order valence-electron chi connectivity index (χ2n) is 3.69. The standard InChI is InChI=1S/C11H16N4O/c1-3-9-6-13-11(16-9)7-12-8(2)10-4-5-14-15-10/h4-6,8,12H,3,7H2,1-2H3,(H,14,15). The predicted octanol–water partition coefficient (Wildman–Crippen LogP) is 1.81. The fourth-order valence-corrected chi connectivity index (χ4v) is 1.45. The van der Waals surface area contributed by atoms with Gasteiger partial charge in [-0.2, -0.15) is 5.10 Å². The van der Waals surface area contributed by atoms with E-state index in [1.807, 2.05) is 13.0 Å². The highest BCUT2D eigenvalue weighted by Crippen LogP contribution is 2.09. The molecule has 2 aromatic rings. The van der Waals surface area contributed by atoms with Gasteiger partial charge in [0.15, 0.2) is 0 Å². The van der Waals surface area contributed by atoms with Crippen LogP contribution < -0.4 is 5.32 Å². The number of nitrogens with one attached hydrogen (secondary N) is 2. The SMILES string of the molecule is CCc1cnc(CNC(C)c2ccn[nH]2)o1. The van der Waals surface area contributed by atoms with Crippen LogP contribution in [-0.4, -0.2) is 15.2 Å². The molecule has 5 heteroatoms. The molecule has 5 nitrogen and oxygen atoms in total. The van der Waals surface area contributed by atoms with Gasteiger partial charge in [-0.1, -0.05) is 6.92 Å². The van der Waals surface area contributed by atoms with E-state index in [-0.39, 0.29) is 6.04 Å². The number of hydrogen-bond donors (Lipinski definition) is 2. The zero-order valence-corrected chi connectivity index (χ0v) is 9.53. The predicted molar refractivity (Wildman–Crippen MR) is 59.7 cm³/mol. The minimum absolute atomic E-state index is 0.208. The van der Waals surface area contributed by atoms with Crippen molar-refractivity contribution in [3.8, 4) is 0 Å². The van der Waals surface area contributed by atoms with E-state index in [0.717, 1.165) is 23.8 Å². The van der Waals surface area contributed by atoms with E-state index in [0.29, 0.717) is 6.54 Å². The number of H-pyrrole nitrogens is 1. The quantitative estimate of drug-likeness (QED) is 0.806. The monoisotopic (exact) mass is 220 g/mol. The van der Waals surface area contributed by atoms with Gasteiger partial charge in [-0.3, -0.25) is 5.10 Å². The Morgan fingerprint density at radius 1 is 1.56 bits per heavy atom. The summed E-state index contributed by atoms with van der Waals surface area (Å²) in [6.45, 7) is 4.74. The molecule has 2 aromatic heterocycles. The highest BCUT2D eigenvalue weighted by Gasteiger charge is 2.08. The summed E-state index contributed by atoms with van der Waals surface area (Å²) in [5, 5.41) is 10.1. The lowest BCUT2D eigenvalue weighted by atomic mass is 10.2. The van der Waals surface area contributed by atoms with E-state index in [4.69, 9.17) is 4.42 Å². The topological polar surface area (TPSA) is 66.7 Å². The molecule has 0 bridgehead atoms. The number of oxazole rings is 1. The molecule has 0 aliphatic rings. The highest BCUT2D eigenvalue weighted by molar-refractivity contribution is 5.03. The van der Waals surface area contributed by atoms with Crippen LogP contribution in [0.3, 0.4) is 0 Å². The summed E-state index contributed by atoms with van der Waals surface area (Å²) >= 11 is 0. The molecule has 0 spiro atoms. The number of nitrogens with zero attached hydrogens (tertiary/aromatic N) is 2. The summed E-state index contributed by atoms with van der Waals surface area (Å²) in [5.41, 5.74) is 1.06. The average molecular weight is 220 g/mol. The lowest BCUT2D eigenvalue weighted by Gasteiger charge is -2.09. The lowest BCUT2D eigenvalue weighted by molar-refractivity contribution is 0.422. The second kappa shape index (κ2) is 4.94. The van der Waals surface area contributed by atoms with Gasteiger partial charge in [0.2, 0.25) is 5.89 Å². The van der Waals surface area contributed by atoms with Crippen molar-refractivity contribution in [2.24, 2.45) is 0 Å². The van der Waals surface area contributed by atoms with Crippen molar-refractivity contribution in [2.45, 2.75) is 32.9 Å². The van der Waals surface area contributed by atoms with E-state index in [9.17, 15) is 0 Å². The normalized spacial score (nSPS) is 12.9. The van der Waals surface area contributed by atoms with E-state index < -0.39 is 0 Å². The van der Waals surface area contributed by atoms with Crippen LogP contribution in [0.5, 0.6) is 0 Å². The zero-order chi connectivity index (χ0) is 11.4. The minimum Gasteiger partial charge on any atom is -0.444 e. The molecule has 0 amide bonds. The molecule has 1 atom stereocenters. The number of hydrogen-bond acceptors (Lipinski definition) is 4. The van der Waals surface area contributed by atoms with Gasteiger partial charge >= 0.3 is 0 Å². The Balaban J connectivity index is 1.87. The molecule has 0 radical (unpaired) electrons. The van der Waals surface area contributed by atoms with Crippen molar-refractivity contribution in [3.63, 3.8) is 0 Å². The van der Waals surface area contributed by atoms with E-state index in [1.165, 1.54) is 0 Å². The first-order valence-electron chi connectivity index (χ1n) is 5.46. The number of aromatic amines is 1. The van der Waals surface area contributed by atoms with E-state index in [1.54, 1.807) is 12.4 Å². The Bertz CT molecular complexity index is 421. The van der Waals surface area contributed by atoms with Gasteiger partial charge in [-0.05, 0) is 13.0 Å². The van der Waals surface area contributed by atoms with Crippen molar-refractivity contribution >= 4 is 0 Å². The maximum absolute atomic E-state index is 5.50. The summed E-state index contributed by atoms with van der Waals surface area (Å²) in [5.74, 6) is 1.65. The maximum Gasteiger partial charge on any atom is 0.208 e. The van der Waals surface area contributed by atoms with Crippen LogP contribution in [0.25, 0.3) is 0 Å². The van der Waals surface area contributed by atoms with Gasteiger partial charge in [0, 0.05) is 18.7 Å². The molecule has 0 aromatic carbocycles. The van der Waals surface area contributed by atoms with Crippen LogP contribution in [0.2, 0.25) is 0 Å². The van der Waals surface area contributed by atoms with Crippen LogP contribution >= 0.6 is 0 Å². The molecular formula is C11H16N4O. The Labute approximate surface area is 94.3 Å². The van der Waals surface area contributed by atoms with E-state index >= 15 is 0 Å². The van der Waals surface area contributed by atoms with Crippen LogP contribution in [0.4, 0.5) is 0 Å². The van der Waals surface area contributed by atoms with Crippen molar-refractivity contribution in [2.75, 3.05) is 0 Å². The maximum atomic E-state index is 5.50. The van der Waals surface area contributed by atoms with Crippen molar-refractivity contribution in [1.29, 1.82) is 0 Å². The molecule has 0 saturated carbocycles. The largest absolute Gasteiger partial charge is 0.444 e. The Kier molecular flexibility index (Phi) is 3.36. The van der Waals surface area contributed by atoms with Crippen LogP contribution in [0.1, 0.15) is 37.2 Å². The molecule has 86 valence electrons. The first kappa shape index (κ1) is 10.9. The molecule has 0 saturated heterocycles. The molecule has 0 fully saturated rings. The molecule has 2 heterocycles. The van der Waals surface area contributed by atoms with Gasteiger partial charge in [-0.25, -0.2) is 4.98 Å². The van der Waals surface area contributed by atoms with Gasteiger partial charge in [-0.15, -0.1) is 0 Å². The third kappa shape index (κ3) is 2.49. The van der Waals surface area contributed by atoms with Gasteiger partial charge in [0.25, 0.3) is 0 Å². The third-order valence-electron chi connectivity index (χ3n) is 2.50. The number of rotatable bonds is 5. The summed E-state index contributed by atoms with van der Waals surface area (Å²) in [7, 11) is 0. The third-order valence-corrected chi connectivity index (χ3v) is 2.50. The van der Waals surface area contributed by atoms with Crippen LogP contribution in [-0.2, 0) is 13.0 Å². The molecule has 2 rings (SSSR count). The minimum atomic E-state index is 0.208. The molecule has 16 heavy (non-hydrogen) atoms. The average Bonchev–Trinajstić information content (AvgIpc) is 2.96. The molecule has 0 aliphatic heterocycles. The van der Waals surface area contributed by atoms with Gasteiger partial charge in [0.05, 0.1) is 18.4 Å². The van der Waals surface area contributed by atoms with Crippen LogP contribution in [0, 0.1) is 0 Å². The second-order valence-corrected chi connectivity index (χ2v) is 3.69.